The first-order chi connectivity index (χ1) is 7.77. The zero-order valence-corrected chi connectivity index (χ0v) is 10.3. The molecule has 2 aliphatic rings. The van der Waals surface area contributed by atoms with Gasteiger partial charge in [-0.3, -0.25) is 4.79 Å². The summed E-state index contributed by atoms with van der Waals surface area (Å²) in [6.45, 7) is 3.10. The van der Waals surface area contributed by atoms with E-state index in [9.17, 15) is 4.79 Å². The molecule has 2 fully saturated rings. The van der Waals surface area contributed by atoms with Crippen LogP contribution in [0.25, 0.3) is 0 Å². The fourth-order valence-corrected chi connectivity index (χ4v) is 3.03. The van der Waals surface area contributed by atoms with Crippen molar-refractivity contribution >= 4 is 5.91 Å². The lowest BCUT2D eigenvalue weighted by Crippen LogP contribution is -2.55. The molecule has 0 radical (unpaired) electrons. The lowest BCUT2D eigenvalue weighted by molar-refractivity contribution is -0.128. The monoisotopic (exact) mass is 224 g/mol. The average Bonchev–Trinajstić information content (AvgIpc) is 2.80. The molecule has 0 aromatic rings. The van der Waals surface area contributed by atoms with Crippen molar-refractivity contribution in [1.29, 1.82) is 0 Å². The first-order valence-electron chi connectivity index (χ1n) is 6.83. The molecule has 1 aliphatic carbocycles. The van der Waals surface area contributed by atoms with Crippen molar-refractivity contribution in [2.75, 3.05) is 6.54 Å². The number of hydrogen-bond donors (Lipinski definition) is 2. The molecule has 3 heteroatoms. The van der Waals surface area contributed by atoms with Crippen molar-refractivity contribution in [2.24, 2.45) is 0 Å². The molecule has 1 amide bonds. The SMILES string of the molecule is CCC1(C(=O)NC2CCCCC2)CCCN1. The molecule has 1 saturated carbocycles. The normalized spacial score (nSPS) is 31.6. The first kappa shape index (κ1) is 11.9. The topological polar surface area (TPSA) is 41.1 Å². The van der Waals surface area contributed by atoms with E-state index in [0.29, 0.717) is 6.04 Å². The van der Waals surface area contributed by atoms with E-state index in [-0.39, 0.29) is 11.4 Å². The van der Waals surface area contributed by atoms with Gasteiger partial charge < -0.3 is 10.6 Å². The van der Waals surface area contributed by atoms with Gasteiger partial charge in [-0.15, -0.1) is 0 Å². The van der Waals surface area contributed by atoms with Gasteiger partial charge in [0.2, 0.25) is 5.91 Å². The standard InChI is InChI=1S/C13H24N2O/c1-2-13(9-6-10-14-13)12(16)15-11-7-4-3-5-8-11/h11,14H,2-10H2,1H3,(H,15,16). The second-order valence-electron chi connectivity index (χ2n) is 5.27. The average molecular weight is 224 g/mol. The maximum Gasteiger partial charge on any atom is 0.240 e. The Labute approximate surface area is 98.4 Å². The van der Waals surface area contributed by atoms with Crippen LogP contribution in [-0.2, 0) is 4.79 Å². The van der Waals surface area contributed by atoms with Gasteiger partial charge in [-0.25, -0.2) is 0 Å². The van der Waals surface area contributed by atoms with E-state index in [1.165, 1.54) is 32.1 Å². The molecule has 0 bridgehead atoms. The van der Waals surface area contributed by atoms with Crippen LogP contribution in [0.5, 0.6) is 0 Å². The first-order valence-corrected chi connectivity index (χ1v) is 6.83. The van der Waals surface area contributed by atoms with Crippen molar-refractivity contribution in [3.05, 3.63) is 0 Å². The van der Waals surface area contributed by atoms with E-state index in [1.54, 1.807) is 0 Å². The molecule has 2 rings (SSSR count). The minimum atomic E-state index is -0.253. The van der Waals surface area contributed by atoms with Gasteiger partial charge in [0.15, 0.2) is 0 Å². The molecule has 1 atom stereocenters. The summed E-state index contributed by atoms with van der Waals surface area (Å²) in [4.78, 5) is 12.3. The van der Waals surface area contributed by atoms with Gasteiger partial charge in [-0.1, -0.05) is 26.2 Å². The van der Waals surface area contributed by atoms with Crippen LogP contribution < -0.4 is 10.6 Å². The lowest BCUT2D eigenvalue weighted by Gasteiger charge is -2.31. The van der Waals surface area contributed by atoms with E-state index in [2.05, 4.69) is 17.6 Å². The summed E-state index contributed by atoms with van der Waals surface area (Å²) in [6.07, 6.45) is 9.27. The zero-order valence-electron chi connectivity index (χ0n) is 10.3. The maximum atomic E-state index is 12.3. The second-order valence-corrected chi connectivity index (χ2v) is 5.27. The third-order valence-electron chi connectivity index (χ3n) is 4.22. The zero-order chi connectivity index (χ0) is 11.4. The summed E-state index contributed by atoms with van der Waals surface area (Å²) in [5.74, 6) is 0.249. The minimum Gasteiger partial charge on any atom is -0.352 e. The molecule has 0 spiro atoms. The Hall–Kier alpha value is -0.570. The number of carbonyl (C=O) groups is 1. The molecule has 1 unspecified atom stereocenters. The van der Waals surface area contributed by atoms with E-state index in [0.717, 1.165) is 25.8 Å². The Morgan fingerprint density at radius 2 is 2.06 bits per heavy atom. The van der Waals surface area contributed by atoms with Crippen LogP contribution in [0.15, 0.2) is 0 Å². The van der Waals surface area contributed by atoms with Crippen molar-refractivity contribution in [2.45, 2.75) is 69.9 Å². The third-order valence-corrected chi connectivity index (χ3v) is 4.22. The van der Waals surface area contributed by atoms with Gasteiger partial charge >= 0.3 is 0 Å². The summed E-state index contributed by atoms with van der Waals surface area (Å²) in [6, 6.07) is 0.437. The van der Waals surface area contributed by atoms with Crippen LogP contribution in [0.3, 0.4) is 0 Å². The number of rotatable bonds is 3. The number of carbonyl (C=O) groups excluding carboxylic acids is 1. The molecule has 0 aromatic carbocycles. The summed E-state index contributed by atoms with van der Waals surface area (Å²) >= 11 is 0. The Balaban J connectivity index is 1.90. The molecule has 0 aromatic heterocycles. The highest BCUT2D eigenvalue weighted by molar-refractivity contribution is 5.86. The summed E-state index contributed by atoms with van der Waals surface area (Å²) in [5, 5.41) is 6.65. The lowest BCUT2D eigenvalue weighted by atomic mass is 9.90. The van der Waals surface area contributed by atoms with E-state index >= 15 is 0 Å². The predicted molar refractivity (Wildman–Crippen MR) is 65.3 cm³/mol. The van der Waals surface area contributed by atoms with Crippen LogP contribution in [0, 0.1) is 0 Å². The number of hydrogen-bond acceptors (Lipinski definition) is 2. The van der Waals surface area contributed by atoms with Crippen LogP contribution in [0.2, 0.25) is 0 Å². The van der Waals surface area contributed by atoms with Gasteiger partial charge in [0.25, 0.3) is 0 Å². The molecule has 92 valence electrons. The summed E-state index contributed by atoms with van der Waals surface area (Å²) < 4.78 is 0. The number of nitrogens with one attached hydrogen (secondary N) is 2. The molecule has 1 heterocycles. The van der Waals surface area contributed by atoms with Crippen LogP contribution >= 0.6 is 0 Å². The van der Waals surface area contributed by atoms with Crippen molar-refractivity contribution < 1.29 is 4.79 Å². The fourth-order valence-electron chi connectivity index (χ4n) is 3.03. The Kier molecular flexibility index (Phi) is 3.85. The van der Waals surface area contributed by atoms with Crippen molar-refractivity contribution in [1.82, 2.24) is 10.6 Å². The maximum absolute atomic E-state index is 12.3. The summed E-state index contributed by atoms with van der Waals surface area (Å²) in [5.41, 5.74) is -0.253. The smallest absolute Gasteiger partial charge is 0.240 e. The predicted octanol–water partition coefficient (Wildman–Crippen LogP) is 1.97. The Bertz CT molecular complexity index is 240. The van der Waals surface area contributed by atoms with Gasteiger partial charge in [0.05, 0.1) is 5.54 Å². The highest BCUT2D eigenvalue weighted by atomic mass is 16.2. The quantitative estimate of drug-likeness (QED) is 0.769. The second kappa shape index (κ2) is 5.17. The van der Waals surface area contributed by atoms with Crippen molar-refractivity contribution in [3.8, 4) is 0 Å². The molecule has 2 N–H and O–H groups in total. The van der Waals surface area contributed by atoms with Gasteiger partial charge in [0.1, 0.15) is 0 Å². The molecular formula is C13H24N2O. The van der Waals surface area contributed by atoms with E-state index < -0.39 is 0 Å². The highest BCUT2D eigenvalue weighted by Gasteiger charge is 2.39. The van der Waals surface area contributed by atoms with Gasteiger partial charge in [0, 0.05) is 6.04 Å². The Morgan fingerprint density at radius 1 is 1.31 bits per heavy atom. The molecule has 1 aliphatic heterocycles. The minimum absolute atomic E-state index is 0.249. The Morgan fingerprint density at radius 3 is 2.62 bits per heavy atom. The van der Waals surface area contributed by atoms with Gasteiger partial charge in [-0.2, -0.15) is 0 Å². The van der Waals surface area contributed by atoms with E-state index in [4.69, 9.17) is 0 Å². The van der Waals surface area contributed by atoms with Crippen LogP contribution in [0.1, 0.15) is 58.3 Å². The fraction of sp³-hybridized carbons (Fsp3) is 0.923. The number of amides is 1. The molecule has 16 heavy (non-hydrogen) atoms. The van der Waals surface area contributed by atoms with Gasteiger partial charge in [-0.05, 0) is 38.6 Å². The molecule has 3 nitrogen and oxygen atoms in total. The molecular weight excluding hydrogens is 200 g/mol. The van der Waals surface area contributed by atoms with Crippen LogP contribution in [-0.4, -0.2) is 24.0 Å². The third kappa shape index (κ3) is 2.40. The van der Waals surface area contributed by atoms with Crippen LogP contribution in [0.4, 0.5) is 0 Å². The van der Waals surface area contributed by atoms with Crippen molar-refractivity contribution in [3.63, 3.8) is 0 Å². The molecule has 1 saturated heterocycles. The van der Waals surface area contributed by atoms with E-state index in [1.807, 2.05) is 0 Å². The summed E-state index contributed by atoms with van der Waals surface area (Å²) in [7, 11) is 0. The highest BCUT2D eigenvalue weighted by Crippen LogP contribution is 2.25. The largest absolute Gasteiger partial charge is 0.352 e.